The second kappa shape index (κ2) is 42.4. The number of furan rings is 7. The molecule has 0 saturated carbocycles. The number of allylic oxidation sites excluding steroid dienone is 4. The number of aromatic nitrogens is 6. The highest BCUT2D eigenvalue weighted by atomic mass is 32.2. The molecule has 9 aromatic carbocycles. The van der Waals surface area contributed by atoms with Crippen LogP contribution >= 0.6 is 0 Å². The molecule has 19 aromatic rings. The number of hydrogen-bond acceptors (Lipinski definition) is 22. The molecule has 7 N–H and O–H groups in total. The number of carbonyl (C=O) groups excluding carboxylic acids is 1. The first kappa shape index (κ1) is 90.9. The van der Waals surface area contributed by atoms with Gasteiger partial charge in [0.25, 0.3) is 0 Å². The van der Waals surface area contributed by atoms with Crippen molar-refractivity contribution in [1.82, 2.24) is 30.2 Å². The maximum atomic E-state index is 11.3. The number of fused-ring (bicyclic) bond motifs is 2. The summed E-state index contributed by atoms with van der Waals surface area (Å²) in [5, 5.41) is 55.2. The Kier molecular flexibility index (Phi) is 28.2. The zero-order valence-corrected chi connectivity index (χ0v) is 75.5. The van der Waals surface area contributed by atoms with Gasteiger partial charge in [0, 0.05) is 91.8 Å². The lowest BCUT2D eigenvalue weighted by atomic mass is 10.0. The largest absolute Gasteiger partial charge is 0.508 e. The maximum absolute atomic E-state index is 11.3. The van der Waals surface area contributed by atoms with Gasteiger partial charge < -0.3 is 61.0 Å². The molecule has 0 bridgehead atoms. The minimum Gasteiger partial charge on any atom is -0.508 e. The average molecular weight is 1840 g/mol. The molecule has 0 saturated heterocycles. The van der Waals surface area contributed by atoms with Crippen LogP contribution in [0.25, 0.3) is 112 Å². The Morgan fingerprint density at radius 1 is 0.387 bits per heavy atom. The number of aromatic hydroxyl groups is 3. The van der Waals surface area contributed by atoms with Gasteiger partial charge in [-0.15, -0.1) is 0 Å². The van der Waals surface area contributed by atoms with E-state index in [1.807, 2.05) is 268 Å². The number of aryl methyl sites for hydroxylation is 1. The average Bonchev–Trinajstić information content (AvgIpc) is 1.69. The predicted octanol–water partition coefficient (Wildman–Crippen LogP) is 23.5. The monoisotopic (exact) mass is 1840 g/mol. The van der Waals surface area contributed by atoms with Crippen LogP contribution in [0.5, 0.6) is 28.7 Å². The summed E-state index contributed by atoms with van der Waals surface area (Å²) in [5.74, 6) is 7.97. The van der Waals surface area contributed by atoms with E-state index in [4.69, 9.17) is 40.4 Å². The molecule has 23 rings (SSSR count). The molecule has 137 heavy (non-hydrogen) atoms. The standard InChI is InChI=1S/2C18H14N2O2.C16H14N2O2.C15H14N2O3S.C14H12N2O2.2C14H11NO2/c1-21-18-13-6-3-2-5-12(13)8-9-14(18)15-11-16(20-19-15)17-7-4-10-22-17;1-20-16(17-7-4-10-22-17)11-15(19-20)14-9-8-12-5-2-3-6-13(12)18(14)21;1-11(19)18-14-5-2-4-12(8-14)15-9-13(10-17-15)16-6-3-7-20-16;1-21(18,19)17-13-5-2-4-11(8-13)14-9-12(10-16-14)15-6-3-7-20-15;1-17-13-6-3-2-5-10(13)11-9-12(16-15-11)14-7-4-8-18-14;16-12-4-1-3-10(7-12)13-8-11(9-15-13)14-5-2-6-17-14;16-12-5-3-10(4-6-12)13-8-11(9-15-13)14-2-1-7-17-14/h2-11H,1H3,(H,19,20);2-11,21H,1H3;2-9H,10H2,1H3,(H,18,19);2-9,17H,10H2,1H3;2-9H,1H3,(H,15,16);2*1-8,16H,9H2. The number of benzene rings is 9. The Hall–Kier alpha value is -18.1. The van der Waals surface area contributed by atoms with Crippen molar-refractivity contribution in [3.05, 3.63) is 411 Å². The van der Waals surface area contributed by atoms with Gasteiger partial charge in [-0.3, -0.25) is 44.4 Å². The van der Waals surface area contributed by atoms with Gasteiger partial charge in [-0.25, -0.2) is 8.42 Å². The van der Waals surface area contributed by atoms with E-state index >= 15 is 0 Å². The summed E-state index contributed by atoms with van der Waals surface area (Å²) in [4.78, 5) is 29.0. The second-order valence-corrected chi connectivity index (χ2v) is 33.0. The minimum absolute atomic E-state index is 0.0812. The van der Waals surface area contributed by atoms with Crippen LogP contribution in [0.4, 0.5) is 11.4 Å². The number of sulfonamides is 1. The quantitative estimate of drug-likeness (QED) is 0.0395. The molecule has 10 aromatic heterocycles. The number of methoxy groups -OCH3 is 2. The van der Waals surface area contributed by atoms with Crippen molar-refractivity contribution in [1.29, 1.82) is 0 Å². The number of hydrogen-bond donors (Lipinski definition) is 7. The third-order valence-corrected chi connectivity index (χ3v) is 22.4. The van der Waals surface area contributed by atoms with E-state index in [1.165, 1.54) is 6.92 Å². The van der Waals surface area contributed by atoms with E-state index in [2.05, 4.69) is 73.7 Å². The molecule has 1 amide bonds. The van der Waals surface area contributed by atoms with Crippen molar-refractivity contribution in [3.63, 3.8) is 0 Å². The summed E-state index contributed by atoms with van der Waals surface area (Å²) >= 11 is 0. The van der Waals surface area contributed by atoms with Gasteiger partial charge in [-0.2, -0.15) is 15.3 Å². The number of aromatic amines is 2. The van der Waals surface area contributed by atoms with E-state index in [0.29, 0.717) is 37.4 Å². The predicted molar refractivity (Wildman–Crippen MR) is 534 cm³/mol. The number of amides is 1. The van der Waals surface area contributed by atoms with Crippen LogP contribution < -0.4 is 19.5 Å². The summed E-state index contributed by atoms with van der Waals surface area (Å²) in [6.07, 6.45) is 20.6. The Labute approximate surface area is 786 Å². The van der Waals surface area contributed by atoms with Crippen LogP contribution in [-0.4, -0.2) is 129 Å². The lowest BCUT2D eigenvalue weighted by Crippen LogP contribution is -2.10. The molecule has 682 valence electrons. The van der Waals surface area contributed by atoms with Gasteiger partial charge in [0.05, 0.1) is 130 Å². The van der Waals surface area contributed by atoms with Gasteiger partial charge >= 0.3 is 0 Å². The van der Waals surface area contributed by atoms with Gasteiger partial charge in [0.15, 0.2) is 17.3 Å². The highest BCUT2D eigenvalue weighted by Crippen LogP contribution is 2.40. The number of phenolic OH excluding ortho intramolecular Hbond substituents is 3. The van der Waals surface area contributed by atoms with Crippen molar-refractivity contribution >= 4 is 94.0 Å². The molecule has 0 aliphatic carbocycles. The summed E-state index contributed by atoms with van der Waals surface area (Å²) in [7, 11) is 1.91. The number of phenols is 3. The first-order chi connectivity index (χ1) is 66.9. The molecular formula is C109H90N12O15S. The molecule has 0 atom stereocenters. The van der Waals surface area contributed by atoms with E-state index in [1.54, 1.807) is 105 Å². The molecule has 0 fully saturated rings. The SMILES string of the molecule is CC(=O)Nc1cccc(C2=NCC(c3ccco3)=C2)c1.COc1c(-c2cc(-c3ccco3)[nH]n2)ccc2ccccc12.COc1ccccc1-c1cc(-c2ccco2)[nH]n1.CS(=O)(=O)Nc1cccc(C2=NCC(c3ccco3)=C2)c1.Cn1nc(-c2ccc3ccccc3c2O)cc1-c1ccco1.Oc1ccc(C2=NCC(c3ccco3)=C2)cc1.Oc1cccc(C2=NCC(c3ccco3)=C2)c1. The molecule has 0 radical (unpaired) electrons. The number of nitrogens with one attached hydrogen (secondary N) is 4. The first-order valence-electron chi connectivity index (χ1n) is 43.3. The lowest BCUT2D eigenvalue weighted by Gasteiger charge is -2.09. The highest BCUT2D eigenvalue weighted by Gasteiger charge is 2.23. The van der Waals surface area contributed by atoms with Crippen LogP contribution in [0.3, 0.4) is 0 Å². The third kappa shape index (κ3) is 22.6. The Bertz CT molecular complexity index is 7770. The van der Waals surface area contributed by atoms with Crippen LogP contribution in [0, 0.1) is 0 Å². The molecule has 14 heterocycles. The van der Waals surface area contributed by atoms with Crippen LogP contribution in [0.2, 0.25) is 0 Å². The highest BCUT2D eigenvalue weighted by molar-refractivity contribution is 7.92. The molecule has 4 aliphatic rings. The van der Waals surface area contributed by atoms with Crippen LogP contribution in [0.15, 0.2) is 416 Å². The van der Waals surface area contributed by atoms with E-state index in [0.717, 1.165) is 198 Å². The van der Waals surface area contributed by atoms with Crippen LogP contribution in [-0.2, 0) is 21.9 Å². The van der Waals surface area contributed by atoms with Crippen molar-refractivity contribution in [2.45, 2.75) is 6.92 Å². The molecule has 0 unspecified atom stereocenters. The lowest BCUT2D eigenvalue weighted by molar-refractivity contribution is -0.114. The van der Waals surface area contributed by atoms with Crippen LogP contribution in [0.1, 0.15) is 52.2 Å². The topological polar surface area (TPSA) is 371 Å². The number of nitrogens with zero attached hydrogens (tertiary/aromatic N) is 8. The number of rotatable bonds is 19. The summed E-state index contributed by atoms with van der Waals surface area (Å²) in [6, 6.07) is 92.8. The Balaban J connectivity index is 0.000000111. The van der Waals surface area contributed by atoms with Gasteiger partial charge in [0.2, 0.25) is 15.9 Å². The first-order valence-corrected chi connectivity index (χ1v) is 45.1. The van der Waals surface area contributed by atoms with Crippen molar-refractivity contribution in [2.24, 2.45) is 27.0 Å². The fraction of sp³-hybridized carbons (Fsp3) is 0.0826. The minimum atomic E-state index is -3.28. The summed E-state index contributed by atoms with van der Waals surface area (Å²) < 4.78 is 75.3. The number of carbonyl (C=O) groups is 1. The number of ether oxygens (including phenoxy) is 2. The number of para-hydroxylation sites is 1. The molecule has 28 heteroatoms. The Morgan fingerprint density at radius 3 is 1.28 bits per heavy atom. The van der Waals surface area contributed by atoms with E-state index in [-0.39, 0.29) is 23.2 Å². The normalized spacial score (nSPS) is 12.8. The van der Waals surface area contributed by atoms with Gasteiger partial charge in [-0.05, 0) is 229 Å². The third-order valence-electron chi connectivity index (χ3n) is 21.8. The zero-order valence-electron chi connectivity index (χ0n) is 74.7. The van der Waals surface area contributed by atoms with E-state index in [9.17, 15) is 28.5 Å². The molecule has 4 aliphatic heterocycles. The fourth-order valence-electron chi connectivity index (χ4n) is 15.3. The maximum Gasteiger partial charge on any atom is 0.229 e. The number of aliphatic imine (C=N–C) groups is 4. The number of H-pyrrole nitrogens is 2. The van der Waals surface area contributed by atoms with E-state index < -0.39 is 10.0 Å². The fourth-order valence-corrected chi connectivity index (χ4v) is 15.9. The number of anilines is 2. The smallest absolute Gasteiger partial charge is 0.229 e. The summed E-state index contributed by atoms with van der Waals surface area (Å²) in [6.45, 7) is 3.94. The van der Waals surface area contributed by atoms with Gasteiger partial charge in [0.1, 0.15) is 68.9 Å². The van der Waals surface area contributed by atoms with Gasteiger partial charge in [-0.1, -0.05) is 109 Å². The molecule has 0 spiro atoms. The van der Waals surface area contributed by atoms with Crippen molar-refractivity contribution < 1.29 is 68.9 Å². The molecular weight excluding hydrogens is 1750 g/mol. The summed E-state index contributed by atoms with van der Waals surface area (Å²) in [5.41, 5.74) is 20.4. The second-order valence-electron chi connectivity index (χ2n) is 31.3. The van der Waals surface area contributed by atoms with Crippen molar-refractivity contribution in [3.8, 4) is 96.9 Å². The zero-order chi connectivity index (χ0) is 94.6. The van der Waals surface area contributed by atoms with Crippen molar-refractivity contribution in [2.75, 3.05) is 56.7 Å². The molecule has 27 nitrogen and oxygen atoms in total. The Morgan fingerprint density at radius 2 is 0.810 bits per heavy atom.